The molecule has 148 valence electrons. The number of ether oxygens (including phenoxy) is 3. The predicted molar refractivity (Wildman–Crippen MR) is 103 cm³/mol. The molecule has 6 nitrogen and oxygen atoms in total. The van der Waals surface area contributed by atoms with Crippen molar-refractivity contribution in [2.45, 2.75) is 71.6 Å². The number of carbonyl (C=O) groups is 1. The van der Waals surface area contributed by atoms with E-state index in [1.165, 1.54) is 7.11 Å². The molecule has 2 rings (SSSR count). The van der Waals surface area contributed by atoms with E-state index in [9.17, 15) is 4.79 Å². The topological polar surface area (TPSA) is 80.6 Å². The first-order valence-electron chi connectivity index (χ1n) is 9.05. The van der Waals surface area contributed by atoms with Crippen LogP contribution >= 0.6 is 0 Å². The van der Waals surface area contributed by atoms with E-state index in [4.69, 9.17) is 19.5 Å². The molecule has 0 saturated heterocycles. The first-order valence-corrected chi connectivity index (χ1v) is 9.05. The van der Waals surface area contributed by atoms with Gasteiger partial charge in [-0.05, 0) is 46.8 Å². The van der Waals surface area contributed by atoms with Gasteiger partial charge in [-0.15, -0.1) is 0 Å². The van der Waals surface area contributed by atoms with Crippen LogP contribution in [-0.2, 0) is 4.74 Å². The van der Waals surface area contributed by atoms with Gasteiger partial charge in [-0.2, -0.15) is 5.26 Å². The average molecular weight is 374 g/mol. The molecule has 1 aromatic rings. The van der Waals surface area contributed by atoms with Gasteiger partial charge in [0.05, 0.1) is 18.2 Å². The third kappa shape index (κ3) is 3.83. The summed E-state index contributed by atoms with van der Waals surface area (Å²) < 4.78 is 17.0. The van der Waals surface area contributed by atoms with E-state index in [-0.39, 0.29) is 5.41 Å². The fourth-order valence-corrected chi connectivity index (χ4v) is 3.57. The minimum Gasteiger partial charge on any atom is -0.495 e. The molecule has 27 heavy (non-hydrogen) atoms. The molecular formula is C21H30N2O4. The molecule has 1 amide bonds. The van der Waals surface area contributed by atoms with Crippen molar-refractivity contribution in [2.75, 3.05) is 7.11 Å². The summed E-state index contributed by atoms with van der Waals surface area (Å²) in [6.45, 7) is 13.7. The number of nitrogens with zero attached hydrogens (tertiary/aromatic N) is 1. The first-order chi connectivity index (χ1) is 12.3. The van der Waals surface area contributed by atoms with Gasteiger partial charge < -0.3 is 19.5 Å². The molecule has 1 fully saturated rings. The van der Waals surface area contributed by atoms with Crippen molar-refractivity contribution in [3.63, 3.8) is 0 Å². The number of amides is 1. The molecule has 0 radical (unpaired) electrons. The molecule has 0 bridgehead atoms. The molecule has 0 heterocycles. The smallest absolute Gasteiger partial charge is 0.408 e. The zero-order valence-corrected chi connectivity index (χ0v) is 17.5. The number of nitriles is 1. The van der Waals surface area contributed by atoms with Gasteiger partial charge in [0, 0.05) is 17.9 Å². The zero-order valence-electron chi connectivity index (χ0n) is 17.5. The van der Waals surface area contributed by atoms with E-state index in [1.54, 1.807) is 18.2 Å². The van der Waals surface area contributed by atoms with Crippen molar-refractivity contribution in [3.05, 3.63) is 23.8 Å². The number of nitrogens with one attached hydrogen (secondary N) is 1. The minimum absolute atomic E-state index is 0.363. The first kappa shape index (κ1) is 20.9. The number of benzene rings is 1. The van der Waals surface area contributed by atoms with E-state index in [0.29, 0.717) is 23.5 Å². The van der Waals surface area contributed by atoms with Gasteiger partial charge >= 0.3 is 6.09 Å². The highest BCUT2D eigenvalue weighted by molar-refractivity contribution is 5.69. The molecule has 1 aromatic carbocycles. The lowest BCUT2D eigenvalue weighted by Gasteiger charge is -2.65. The van der Waals surface area contributed by atoms with Crippen molar-refractivity contribution in [3.8, 4) is 17.6 Å². The van der Waals surface area contributed by atoms with E-state index in [2.05, 4.69) is 25.2 Å². The number of methoxy groups -OCH3 is 1. The largest absolute Gasteiger partial charge is 0.495 e. The van der Waals surface area contributed by atoms with Crippen LogP contribution in [0, 0.1) is 16.7 Å². The normalized spacial score (nSPS) is 26.3. The lowest BCUT2D eigenvalue weighted by Crippen LogP contribution is -2.77. The molecule has 1 aliphatic carbocycles. The molecule has 2 atom stereocenters. The molecule has 2 unspecified atom stereocenters. The molecule has 1 N–H and O–H groups in total. The second-order valence-corrected chi connectivity index (χ2v) is 9.07. The number of hydrogen-bond acceptors (Lipinski definition) is 5. The summed E-state index contributed by atoms with van der Waals surface area (Å²) in [4.78, 5) is 12.3. The van der Waals surface area contributed by atoms with Gasteiger partial charge in [0.15, 0.2) is 0 Å². The summed E-state index contributed by atoms with van der Waals surface area (Å²) in [6, 6.07) is 7.26. The molecule has 6 heteroatoms. The van der Waals surface area contributed by atoms with Crippen LogP contribution in [0.1, 0.15) is 60.5 Å². The van der Waals surface area contributed by atoms with E-state index < -0.39 is 22.8 Å². The Labute approximate surface area is 161 Å². The third-order valence-corrected chi connectivity index (χ3v) is 5.81. The van der Waals surface area contributed by atoms with Gasteiger partial charge in [0.25, 0.3) is 0 Å². The SMILES string of the molecule is COc1cc(OC2(C)CC(C)(NC(=O)OC(C)(C)C)C2(C)C)ccc1C#N. The lowest BCUT2D eigenvalue weighted by atomic mass is 9.48. The Morgan fingerprint density at radius 1 is 1.22 bits per heavy atom. The number of carbonyl (C=O) groups excluding carboxylic acids is 1. The molecule has 0 spiro atoms. The van der Waals surface area contributed by atoms with Crippen LogP contribution in [0.3, 0.4) is 0 Å². The maximum absolute atomic E-state index is 12.3. The lowest BCUT2D eigenvalue weighted by molar-refractivity contribution is -0.182. The summed E-state index contributed by atoms with van der Waals surface area (Å²) >= 11 is 0. The van der Waals surface area contributed by atoms with Crippen molar-refractivity contribution in [1.82, 2.24) is 5.32 Å². The average Bonchev–Trinajstić information content (AvgIpc) is 2.52. The summed E-state index contributed by atoms with van der Waals surface area (Å²) in [5, 5.41) is 12.1. The minimum atomic E-state index is -0.548. The second-order valence-electron chi connectivity index (χ2n) is 9.07. The maximum atomic E-state index is 12.3. The van der Waals surface area contributed by atoms with Crippen molar-refractivity contribution < 1.29 is 19.0 Å². The summed E-state index contributed by atoms with van der Waals surface area (Å²) in [5.74, 6) is 1.10. The van der Waals surface area contributed by atoms with Crippen LogP contribution in [0.2, 0.25) is 0 Å². The summed E-state index contributed by atoms with van der Waals surface area (Å²) in [5.41, 5.74) is -1.43. The second kappa shape index (κ2) is 6.63. The molecule has 1 aliphatic rings. The Kier molecular flexibility index (Phi) is 5.13. The number of rotatable bonds is 4. The van der Waals surface area contributed by atoms with Crippen LogP contribution in [0.25, 0.3) is 0 Å². The number of hydrogen-bond donors (Lipinski definition) is 1. The Hall–Kier alpha value is -2.42. The van der Waals surface area contributed by atoms with Gasteiger partial charge in [0.2, 0.25) is 0 Å². The fourth-order valence-electron chi connectivity index (χ4n) is 3.57. The predicted octanol–water partition coefficient (Wildman–Crippen LogP) is 4.42. The van der Waals surface area contributed by atoms with Crippen molar-refractivity contribution in [1.29, 1.82) is 5.26 Å². The molecule has 1 saturated carbocycles. The standard InChI is InChI=1S/C21H30N2O4/c1-18(2,3)27-17(24)23-20(6)13-21(7,19(20,4)5)26-15-10-9-14(12-22)16(11-15)25-8/h9-11H,13H2,1-8H3,(H,23,24). The highest BCUT2D eigenvalue weighted by Crippen LogP contribution is 2.58. The Morgan fingerprint density at radius 3 is 2.33 bits per heavy atom. The van der Waals surface area contributed by atoms with E-state index in [0.717, 1.165) is 0 Å². The maximum Gasteiger partial charge on any atom is 0.408 e. The fraction of sp³-hybridized carbons (Fsp3) is 0.619. The number of alkyl carbamates (subject to hydrolysis) is 1. The van der Waals surface area contributed by atoms with Crippen molar-refractivity contribution >= 4 is 6.09 Å². The van der Waals surface area contributed by atoms with E-state index in [1.807, 2.05) is 34.6 Å². The van der Waals surface area contributed by atoms with E-state index >= 15 is 0 Å². The molecular weight excluding hydrogens is 344 g/mol. The zero-order chi connectivity index (χ0) is 20.7. The quantitative estimate of drug-likeness (QED) is 0.844. The molecule has 0 aliphatic heterocycles. The Bertz CT molecular complexity index is 775. The summed E-state index contributed by atoms with van der Waals surface area (Å²) in [7, 11) is 1.52. The van der Waals surface area contributed by atoms with Gasteiger partial charge in [-0.3, -0.25) is 0 Å². The highest BCUT2D eigenvalue weighted by atomic mass is 16.6. The van der Waals surface area contributed by atoms with Gasteiger partial charge in [-0.1, -0.05) is 13.8 Å². The Morgan fingerprint density at radius 2 is 1.85 bits per heavy atom. The molecule has 0 aromatic heterocycles. The van der Waals surface area contributed by atoms with Crippen LogP contribution in [0.4, 0.5) is 4.79 Å². The van der Waals surface area contributed by atoms with Crippen LogP contribution in [0.15, 0.2) is 18.2 Å². The van der Waals surface area contributed by atoms with Crippen molar-refractivity contribution in [2.24, 2.45) is 5.41 Å². The monoisotopic (exact) mass is 374 g/mol. The Balaban J connectivity index is 2.16. The van der Waals surface area contributed by atoms with Crippen LogP contribution < -0.4 is 14.8 Å². The summed E-state index contributed by atoms with van der Waals surface area (Å²) in [6.07, 6.45) is 0.189. The van der Waals surface area contributed by atoms with Gasteiger partial charge in [0.1, 0.15) is 28.8 Å². The highest BCUT2D eigenvalue weighted by Gasteiger charge is 2.67. The van der Waals surface area contributed by atoms with Crippen LogP contribution in [0.5, 0.6) is 11.5 Å². The van der Waals surface area contributed by atoms with Gasteiger partial charge in [-0.25, -0.2) is 4.79 Å². The third-order valence-electron chi connectivity index (χ3n) is 5.81. The van der Waals surface area contributed by atoms with Crippen LogP contribution in [-0.4, -0.2) is 29.9 Å².